The third-order valence-electron chi connectivity index (χ3n) is 4.84. The molecule has 27 heavy (non-hydrogen) atoms. The van der Waals surface area contributed by atoms with E-state index in [1.165, 1.54) is 40.9 Å². The Hall–Kier alpha value is -2.38. The summed E-state index contributed by atoms with van der Waals surface area (Å²) in [5, 5.41) is 10.4. The zero-order valence-corrected chi connectivity index (χ0v) is 17.3. The Morgan fingerprint density at radius 2 is 2.07 bits per heavy atom. The lowest BCUT2D eigenvalue weighted by Crippen LogP contribution is -2.06. The molecule has 3 nitrogen and oxygen atoms in total. The maximum Gasteiger partial charge on any atom is 0.137 e. The van der Waals surface area contributed by atoms with Crippen LogP contribution >= 0.6 is 11.3 Å². The third kappa shape index (κ3) is 4.31. The second kappa shape index (κ2) is 8.54. The number of nitrogens with zero attached hydrogens (tertiary/aromatic N) is 2. The van der Waals surface area contributed by atoms with Gasteiger partial charge in [0.2, 0.25) is 0 Å². The Labute approximate surface area is 166 Å². The molecular formula is C23H26N2OS. The van der Waals surface area contributed by atoms with Crippen molar-refractivity contribution in [3.8, 4) is 22.4 Å². The molecule has 0 bridgehead atoms. The Morgan fingerprint density at radius 3 is 2.74 bits per heavy atom. The van der Waals surface area contributed by atoms with Gasteiger partial charge in [-0.15, -0.1) is 11.3 Å². The molecular weight excluding hydrogens is 352 g/mol. The van der Waals surface area contributed by atoms with E-state index in [9.17, 15) is 5.26 Å². The molecule has 0 radical (unpaired) electrons. The summed E-state index contributed by atoms with van der Waals surface area (Å²) in [4.78, 5) is 5.84. The van der Waals surface area contributed by atoms with Gasteiger partial charge in [0.15, 0.2) is 0 Å². The largest absolute Gasteiger partial charge is 0.490 e. The van der Waals surface area contributed by atoms with Crippen LogP contribution < -0.4 is 4.74 Å². The molecule has 0 unspecified atom stereocenters. The van der Waals surface area contributed by atoms with Crippen LogP contribution in [0.25, 0.3) is 16.1 Å². The standard InChI is InChI=1S/C23H26N2OS/c1-5-19(20-9-7-6-8-16(20)4)22-14-25-23(27-22)17-10-11-21(26-15(2)3)18(12-17)13-24/h5,10-12,14-15H,6-9H2,1-4H3. The lowest BCUT2D eigenvalue weighted by molar-refractivity contribution is 0.242. The molecule has 2 aromatic rings. The molecule has 0 amide bonds. The first-order valence-electron chi connectivity index (χ1n) is 9.56. The summed E-state index contributed by atoms with van der Waals surface area (Å²) < 4.78 is 5.72. The fourth-order valence-electron chi connectivity index (χ4n) is 3.53. The molecule has 1 aliphatic rings. The van der Waals surface area contributed by atoms with E-state index in [0.29, 0.717) is 11.3 Å². The zero-order valence-electron chi connectivity index (χ0n) is 16.5. The summed E-state index contributed by atoms with van der Waals surface area (Å²) in [6, 6.07) is 7.98. The lowest BCUT2D eigenvalue weighted by atomic mass is 9.87. The molecule has 4 heteroatoms. The van der Waals surface area contributed by atoms with E-state index in [4.69, 9.17) is 4.74 Å². The van der Waals surface area contributed by atoms with Gasteiger partial charge in [-0.2, -0.15) is 5.26 Å². The second-order valence-corrected chi connectivity index (χ2v) is 8.22. The van der Waals surface area contributed by atoms with Crippen LogP contribution in [0.3, 0.4) is 0 Å². The van der Waals surface area contributed by atoms with Crippen molar-refractivity contribution in [3.05, 3.63) is 52.1 Å². The molecule has 3 rings (SSSR count). The minimum Gasteiger partial charge on any atom is -0.490 e. The van der Waals surface area contributed by atoms with Crippen molar-refractivity contribution in [1.29, 1.82) is 5.26 Å². The number of aromatic nitrogens is 1. The van der Waals surface area contributed by atoms with Crippen LogP contribution in [0.2, 0.25) is 0 Å². The van der Waals surface area contributed by atoms with Gasteiger partial charge in [0.1, 0.15) is 16.8 Å². The number of ether oxygens (including phenoxy) is 1. The Morgan fingerprint density at radius 1 is 1.30 bits per heavy atom. The van der Waals surface area contributed by atoms with Crippen LogP contribution in [-0.4, -0.2) is 11.1 Å². The van der Waals surface area contributed by atoms with E-state index in [-0.39, 0.29) is 6.10 Å². The summed E-state index contributed by atoms with van der Waals surface area (Å²) >= 11 is 1.69. The monoisotopic (exact) mass is 378 g/mol. The summed E-state index contributed by atoms with van der Waals surface area (Å²) in [6.07, 6.45) is 9.12. The van der Waals surface area contributed by atoms with Gasteiger partial charge in [-0.1, -0.05) is 11.6 Å². The quantitative estimate of drug-likeness (QED) is 0.577. The first kappa shape index (κ1) is 19.4. The van der Waals surface area contributed by atoms with Crippen LogP contribution in [0.15, 0.2) is 41.6 Å². The molecule has 0 fully saturated rings. The van der Waals surface area contributed by atoms with Gasteiger partial charge in [0.05, 0.1) is 16.5 Å². The fourth-order valence-corrected chi connectivity index (χ4v) is 4.54. The first-order valence-corrected chi connectivity index (χ1v) is 10.4. The first-order chi connectivity index (χ1) is 13.0. The van der Waals surface area contributed by atoms with E-state index in [0.717, 1.165) is 17.0 Å². The molecule has 0 N–H and O–H groups in total. The molecule has 1 aromatic heterocycles. The lowest BCUT2D eigenvalue weighted by Gasteiger charge is -2.19. The number of hydrogen-bond acceptors (Lipinski definition) is 4. The Bertz CT molecular complexity index is 928. The summed E-state index contributed by atoms with van der Waals surface area (Å²) in [5.74, 6) is 0.630. The number of rotatable bonds is 5. The highest BCUT2D eigenvalue weighted by Crippen LogP contribution is 2.39. The van der Waals surface area contributed by atoms with Crippen molar-refractivity contribution in [3.63, 3.8) is 0 Å². The summed E-state index contributed by atoms with van der Waals surface area (Å²) in [5.41, 5.74) is 5.82. The Kier molecular flexibility index (Phi) is 6.13. The molecule has 0 saturated heterocycles. The molecule has 1 aromatic carbocycles. The molecule has 0 spiro atoms. The number of hydrogen-bond donors (Lipinski definition) is 0. The second-order valence-electron chi connectivity index (χ2n) is 7.19. The molecule has 0 saturated carbocycles. The number of thiazole rings is 1. The normalized spacial score (nSPS) is 15.2. The fraction of sp³-hybridized carbons (Fsp3) is 0.391. The van der Waals surface area contributed by atoms with Gasteiger partial charge in [-0.3, -0.25) is 0 Å². The van der Waals surface area contributed by atoms with Gasteiger partial charge < -0.3 is 4.74 Å². The molecule has 1 aliphatic carbocycles. The van der Waals surface area contributed by atoms with E-state index >= 15 is 0 Å². The summed E-state index contributed by atoms with van der Waals surface area (Å²) in [6.45, 7) is 8.29. The molecule has 1 heterocycles. The van der Waals surface area contributed by atoms with Gasteiger partial charge in [-0.25, -0.2) is 4.98 Å². The predicted octanol–water partition coefficient (Wildman–Crippen LogP) is 6.76. The predicted molar refractivity (Wildman–Crippen MR) is 113 cm³/mol. The van der Waals surface area contributed by atoms with Crippen molar-refractivity contribution in [2.45, 2.75) is 59.5 Å². The molecule has 140 valence electrons. The average molecular weight is 379 g/mol. The van der Waals surface area contributed by atoms with E-state index in [2.05, 4.69) is 31.0 Å². The zero-order chi connectivity index (χ0) is 19.4. The van der Waals surface area contributed by atoms with Gasteiger partial charge >= 0.3 is 0 Å². The van der Waals surface area contributed by atoms with Gasteiger partial charge in [-0.05, 0) is 82.7 Å². The van der Waals surface area contributed by atoms with Crippen LogP contribution in [0.5, 0.6) is 5.75 Å². The van der Waals surface area contributed by atoms with Crippen molar-refractivity contribution < 1.29 is 4.74 Å². The minimum absolute atomic E-state index is 0.0404. The Balaban J connectivity index is 1.93. The summed E-state index contributed by atoms with van der Waals surface area (Å²) in [7, 11) is 0. The van der Waals surface area contributed by atoms with Crippen molar-refractivity contribution in [1.82, 2.24) is 4.98 Å². The van der Waals surface area contributed by atoms with E-state index in [1.54, 1.807) is 11.3 Å². The van der Waals surface area contributed by atoms with Crippen LogP contribution in [0.4, 0.5) is 0 Å². The van der Waals surface area contributed by atoms with Crippen LogP contribution in [0.1, 0.15) is 63.8 Å². The minimum atomic E-state index is 0.0404. The maximum absolute atomic E-state index is 9.47. The molecule has 0 atom stereocenters. The van der Waals surface area contributed by atoms with Crippen LogP contribution in [-0.2, 0) is 0 Å². The maximum atomic E-state index is 9.47. The highest BCUT2D eigenvalue weighted by molar-refractivity contribution is 7.16. The average Bonchev–Trinajstić information content (AvgIpc) is 3.13. The SMILES string of the molecule is CC=C(C1=C(C)CCCC1)c1cnc(-c2ccc(OC(C)C)c(C#N)c2)s1. The number of nitriles is 1. The number of benzene rings is 1. The van der Waals surface area contributed by atoms with E-state index in [1.807, 2.05) is 38.2 Å². The van der Waals surface area contributed by atoms with Crippen LogP contribution in [0, 0.1) is 11.3 Å². The van der Waals surface area contributed by atoms with E-state index < -0.39 is 0 Å². The van der Waals surface area contributed by atoms with Crippen molar-refractivity contribution in [2.24, 2.45) is 0 Å². The molecule has 0 aliphatic heterocycles. The smallest absolute Gasteiger partial charge is 0.137 e. The topological polar surface area (TPSA) is 45.9 Å². The van der Waals surface area contributed by atoms with Gasteiger partial charge in [0.25, 0.3) is 0 Å². The van der Waals surface area contributed by atoms with Crippen molar-refractivity contribution in [2.75, 3.05) is 0 Å². The third-order valence-corrected chi connectivity index (χ3v) is 5.92. The van der Waals surface area contributed by atoms with Gasteiger partial charge in [0, 0.05) is 11.8 Å². The van der Waals surface area contributed by atoms with Crippen molar-refractivity contribution >= 4 is 16.9 Å². The highest BCUT2D eigenvalue weighted by Gasteiger charge is 2.17. The number of allylic oxidation sites excluding steroid dienone is 4. The highest BCUT2D eigenvalue weighted by atomic mass is 32.1.